The van der Waals surface area contributed by atoms with Crippen molar-refractivity contribution < 1.29 is 4.39 Å². The summed E-state index contributed by atoms with van der Waals surface area (Å²) >= 11 is 0. The van der Waals surface area contributed by atoms with Gasteiger partial charge in [0, 0.05) is 32.7 Å². The molecule has 0 radical (unpaired) electrons. The number of hydrogen-bond donors (Lipinski definition) is 0. The molecule has 0 amide bonds. The smallest absolute Gasteiger partial charge is 0.124 e. The van der Waals surface area contributed by atoms with E-state index in [4.69, 9.17) is 4.98 Å². The molecule has 142 valence electrons. The predicted molar refractivity (Wildman–Crippen MR) is 107 cm³/mol. The number of rotatable bonds is 6. The van der Waals surface area contributed by atoms with Crippen LogP contribution < -0.4 is 0 Å². The maximum Gasteiger partial charge on any atom is 0.124 e. The highest BCUT2D eigenvalue weighted by Crippen LogP contribution is 2.20. The fourth-order valence-electron chi connectivity index (χ4n) is 3.88. The van der Waals surface area contributed by atoms with Crippen LogP contribution in [0.15, 0.2) is 48.5 Å². The Morgan fingerprint density at radius 3 is 2.33 bits per heavy atom. The van der Waals surface area contributed by atoms with E-state index < -0.39 is 0 Å². The van der Waals surface area contributed by atoms with Crippen LogP contribution in [0.1, 0.15) is 24.7 Å². The topological polar surface area (TPSA) is 24.3 Å². The summed E-state index contributed by atoms with van der Waals surface area (Å²) in [5.41, 5.74) is 3.26. The Labute approximate surface area is 160 Å². The monoisotopic (exact) mass is 366 g/mol. The maximum atomic E-state index is 13.3. The van der Waals surface area contributed by atoms with Crippen molar-refractivity contribution >= 4 is 11.0 Å². The molecule has 0 atom stereocenters. The van der Waals surface area contributed by atoms with Crippen LogP contribution in [0.5, 0.6) is 0 Å². The molecule has 1 aromatic heterocycles. The van der Waals surface area contributed by atoms with Crippen LogP contribution >= 0.6 is 0 Å². The summed E-state index contributed by atoms with van der Waals surface area (Å²) in [6.45, 7) is 9.43. The minimum atomic E-state index is -0.195. The second kappa shape index (κ2) is 8.19. The third kappa shape index (κ3) is 4.20. The minimum Gasteiger partial charge on any atom is -0.322 e. The molecule has 3 aromatic rings. The molecule has 5 heteroatoms. The van der Waals surface area contributed by atoms with Gasteiger partial charge in [0.1, 0.15) is 11.6 Å². The van der Waals surface area contributed by atoms with Crippen LogP contribution in [-0.4, -0.2) is 52.1 Å². The van der Waals surface area contributed by atoms with Crippen LogP contribution in [0.2, 0.25) is 0 Å². The third-order valence-corrected chi connectivity index (χ3v) is 5.36. The van der Waals surface area contributed by atoms with Gasteiger partial charge in [0.15, 0.2) is 0 Å². The molecule has 27 heavy (non-hydrogen) atoms. The normalized spacial score (nSPS) is 16.2. The van der Waals surface area contributed by atoms with Gasteiger partial charge in [-0.2, -0.15) is 0 Å². The average molecular weight is 366 g/mol. The lowest BCUT2D eigenvalue weighted by Crippen LogP contribution is -2.46. The zero-order valence-corrected chi connectivity index (χ0v) is 15.9. The van der Waals surface area contributed by atoms with E-state index in [-0.39, 0.29) is 5.82 Å². The standard InChI is InChI=1S/C22H27FN4/c1-2-11-25-12-14-26(15-13-25)17-22-24-20-5-3-4-6-21(20)27(22)16-18-7-9-19(23)10-8-18/h3-10H,2,11-17H2,1H3. The maximum absolute atomic E-state index is 13.3. The highest BCUT2D eigenvalue weighted by molar-refractivity contribution is 5.76. The van der Waals surface area contributed by atoms with Crippen LogP contribution in [0.25, 0.3) is 11.0 Å². The van der Waals surface area contributed by atoms with E-state index in [9.17, 15) is 4.39 Å². The first-order chi connectivity index (χ1) is 13.2. The average Bonchev–Trinajstić information content (AvgIpc) is 3.02. The molecule has 0 unspecified atom stereocenters. The first kappa shape index (κ1) is 18.1. The molecule has 2 aromatic carbocycles. The van der Waals surface area contributed by atoms with Crippen molar-refractivity contribution in [3.8, 4) is 0 Å². The molecule has 1 saturated heterocycles. The summed E-state index contributed by atoms with van der Waals surface area (Å²) in [6.07, 6.45) is 1.22. The van der Waals surface area contributed by atoms with Gasteiger partial charge in [-0.3, -0.25) is 4.90 Å². The lowest BCUT2D eigenvalue weighted by Gasteiger charge is -2.34. The highest BCUT2D eigenvalue weighted by atomic mass is 19.1. The van der Waals surface area contributed by atoms with Gasteiger partial charge in [-0.25, -0.2) is 9.37 Å². The quantitative estimate of drug-likeness (QED) is 0.664. The number of nitrogens with zero attached hydrogens (tertiary/aromatic N) is 4. The van der Waals surface area contributed by atoms with Crippen molar-refractivity contribution in [1.29, 1.82) is 0 Å². The van der Waals surface area contributed by atoms with E-state index in [1.807, 2.05) is 18.2 Å². The molecule has 1 aliphatic heterocycles. The molecule has 2 heterocycles. The first-order valence-corrected chi connectivity index (χ1v) is 9.86. The predicted octanol–water partition coefficient (Wildman–Crippen LogP) is 3.75. The van der Waals surface area contributed by atoms with Crippen molar-refractivity contribution in [1.82, 2.24) is 19.4 Å². The Hall–Kier alpha value is -2.24. The zero-order chi connectivity index (χ0) is 18.6. The van der Waals surface area contributed by atoms with Crippen molar-refractivity contribution in [2.75, 3.05) is 32.7 Å². The first-order valence-electron chi connectivity index (χ1n) is 9.86. The molecule has 0 N–H and O–H groups in total. The number of imidazole rings is 1. The van der Waals surface area contributed by atoms with Crippen molar-refractivity contribution in [2.24, 2.45) is 0 Å². The fraction of sp³-hybridized carbons (Fsp3) is 0.409. The second-order valence-corrected chi connectivity index (χ2v) is 7.35. The highest BCUT2D eigenvalue weighted by Gasteiger charge is 2.19. The van der Waals surface area contributed by atoms with E-state index >= 15 is 0 Å². The number of para-hydroxylation sites is 2. The largest absolute Gasteiger partial charge is 0.322 e. The lowest BCUT2D eigenvalue weighted by molar-refractivity contribution is 0.124. The van der Waals surface area contributed by atoms with Crippen LogP contribution in [0.4, 0.5) is 4.39 Å². The van der Waals surface area contributed by atoms with Crippen molar-refractivity contribution in [3.05, 3.63) is 65.7 Å². The van der Waals surface area contributed by atoms with Gasteiger partial charge < -0.3 is 9.47 Å². The summed E-state index contributed by atoms with van der Waals surface area (Å²) in [6, 6.07) is 15.0. The molecule has 4 nitrogen and oxygen atoms in total. The van der Waals surface area contributed by atoms with E-state index in [1.165, 1.54) is 25.1 Å². The van der Waals surface area contributed by atoms with Gasteiger partial charge >= 0.3 is 0 Å². The van der Waals surface area contributed by atoms with E-state index in [1.54, 1.807) is 0 Å². The van der Waals surface area contributed by atoms with Gasteiger partial charge in [-0.05, 0) is 42.8 Å². The molecular formula is C22H27FN4. The number of aromatic nitrogens is 2. The van der Waals surface area contributed by atoms with E-state index in [2.05, 4.69) is 39.5 Å². The Morgan fingerprint density at radius 1 is 0.889 bits per heavy atom. The molecule has 1 fully saturated rings. The summed E-state index contributed by atoms with van der Waals surface area (Å²) < 4.78 is 15.5. The summed E-state index contributed by atoms with van der Waals surface area (Å²) in [4.78, 5) is 9.94. The minimum absolute atomic E-state index is 0.195. The van der Waals surface area contributed by atoms with Gasteiger partial charge in [0.05, 0.1) is 17.6 Å². The van der Waals surface area contributed by atoms with Gasteiger partial charge in [0.25, 0.3) is 0 Å². The Bertz CT molecular complexity index is 879. The molecule has 0 spiro atoms. The summed E-state index contributed by atoms with van der Waals surface area (Å²) in [7, 11) is 0. The number of hydrogen-bond acceptors (Lipinski definition) is 3. The fourth-order valence-corrected chi connectivity index (χ4v) is 3.88. The van der Waals surface area contributed by atoms with E-state index in [0.29, 0.717) is 6.54 Å². The van der Waals surface area contributed by atoms with Crippen LogP contribution in [0.3, 0.4) is 0 Å². The molecular weight excluding hydrogens is 339 g/mol. The third-order valence-electron chi connectivity index (χ3n) is 5.36. The molecule has 0 bridgehead atoms. The number of halogens is 1. The zero-order valence-electron chi connectivity index (χ0n) is 15.9. The van der Waals surface area contributed by atoms with Gasteiger partial charge in [-0.1, -0.05) is 31.2 Å². The summed E-state index contributed by atoms with van der Waals surface area (Å²) in [5, 5.41) is 0. The number of fused-ring (bicyclic) bond motifs is 1. The summed E-state index contributed by atoms with van der Waals surface area (Å²) in [5.74, 6) is 0.892. The van der Waals surface area contributed by atoms with E-state index in [0.717, 1.165) is 55.1 Å². The second-order valence-electron chi connectivity index (χ2n) is 7.35. The SMILES string of the molecule is CCCN1CCN(Cc2nc3ccccc3n2Cc2ccc(F)cc2)CC1. The molecule has 1 aliphatic rings. The van der Waals surface area contributed by atoms with Crippen LogP contribution in [-0.2, 0) is 13.1 Å². The van der Waals surface area contributed by atoms with Crippen molar-refractivity contribution in [2.45, 2.75) is 26.4 Å². The Kier molecular flexibility index (Phi) is 5.50. The van der Waals surface area contributed by atoms with Crippen molar-refractivity contribution in [3.63, 3.8) is 0 Å². The van der Waals surface area contributed by atoms with Crippen LogP contribution in [0, 0.1) is 5.82 Å². The molecule has 0 saturated carbocycles. The Balaban J connectivity index is 1.56. The number of piperazine rings is 1. The lowest BCUT2D eigenvalue weighted by atomic mass is 10.2. The Morgan fingerprint density at radius 2 is 1.59 bits per heavy atom. The molecule has 0 aliphatic carbocycles. The van der Waals surface area contributed by atoms with Gasteiger partial charge in [0.2, 0.25) is 0 Å². The molecule has 4 rings (SSSR count). The van der Waals surface area contributed by atoms with Gasteiger partial charge in [-0.15, -0.1) is 0 Å². The number of benzene rings is 2.